The Bertz CT molecular complexity index is 676. The number of carboxylic acid groups (broad SMARTS) is 1. The SMILES string of the molecule is O=C(O)C=Cc1csc(CNC(=O)c2ccc(Cl)cc2)c1. The molecule has 4 nitrogen and oxygen atoms in total. The van der Waals surface area contributed by atoms with E-state index in [1.54, 1.807) is 24.3 Å². The number of carbonyl (C=O) groups excluding carboxylic acids is 1. The molecule has 0 aliphatic rings. The van der Waals surface area contributed by atoms with Crippen LogP contribution in [0.1, 0.15) is 20.8 Å². The molecular formula is C15H12ClNO3S. The monoisotopic (exact) mass is 321 g/mol. The third kappa shape index (κ3) is 4.73. The van der Waals surface area contributed by atoms with Crippen LogP contribution < -0.4 is 5.32 Å². The second-order valence-electron chi connectivity index (χ2n) is 4.21. The molecule has 0 radical (unpaired) electrons. The average molecular weight is 322 g/mol. The van der Waals surface area contributed by atoms with Crippen molar-refractivity contribution in [3.8, 4) is 0 Å². The summed E-state index contributed by atoms with van der Waals surface area (Å²) < 4.78 is 0. The smallest absolute Gasteiger partial charge is 0.328 e. The summed E-state index contributed by atoms with van der Waals surface area (Å²) in [5.74, 6) is -1.17. The molecule has 0 spiro atoms. The van der Waals surface area contributed by atoms with Crippen molar-refractivity contribution in [2.75, 3.05) is 0 Å². The molecule has 1 aromatic carbocycles. The van der Waals surface area contributed by atoms with Gasteiger partial charge in [-0.25, -0.2) is 4.79 Å². The van der Waals surface area contributed by atoms with Gasteiger partial charge in [0.2, 0.25) is 0 Å². The minimum absolute atomic E-state index is 0.178. The first-order valence-electron chi connectivity index (χ1n) is 6.07. The van der Waals surface area contributed by atoms with Crippen molar-refractivity contribution in [1.82, 2.24) is 5.32 Å². The standard InChI is InChI=1S/C15H12ClNO3S/c16-12-4-2-11(3-5-12)15(20)17-8-13-7-10(9-21-13)1-6-14(18)19/h1-7,9H,8H2,(H,17,20)(H,18,19). The maximum Gasteiger partial charge on any atom is 0.328 e. The number of amides is 1. The Morgan fingerprint density at radius 3 is 2.67 bits per heavy atom. The van der Waals surface area contributed by atoms with Crippen LogP contribution >= 0.6 is 22.9 Å². The van der Waals surface area contributed by atoms with E-state index in [4.69, 9.17) is 16.7 Å². The number of rotatable bonds is 5. The highest BCUT2D eigenvalue weighted by molar-refractivity contribution is 7.10. The van der Waals surface area contributed by atoms with Gasteiger partial charge in [0.15, 0.2) is 0 Å². The minimum atomic E-state index is -0.987. The van der Waals surface area contributed by atoms with Crippen LogP contribution in [-0.2, 0) is 11.3 Å². The van der Waals surface area contributed by atoms with Crippen molar-refractivity contribution in [1.29, 1.82) is 0 Å². The van der Waals surface area contributed by atoms with Gasteiger partial charge < -0.3 is 10.4 Å². The van der Waals surface area contributed by atoms with Gasteiger partial charge in [-0.3, -0.25) is 4.79 Å². The summed E-state index contributed by atoms with van der Waals surface area (Å²) in [7, 11) is 0. The lowest BCUT2D eigenvalue weighted by molar-refractivity contribution is -0.131. The number of nitrogens with one attached hydrogen (secondary N) is 1. The Kier molecular flexibility index (Phi) is 5.14. The van der Waals surface area contributed by atoms with E-state index in [0.29, 0.717) is 17.1 Å². The zero-order valence-electron chi connectivity index (χ0n) is 10.9. The van der Waals surface area contributed by atoms with Crippen LogP contribution in [0.3, 0.4) is 0 Å². The molecule has 0 unspecified atom stereocenters. The largest absolute Gasteiger partial charge is 0.478 e. The summed E-state index contributed by atoms with van der Waals surface area (Å²) in [5.41, 5.74) is 1.35. The second-order valence-corrected chi connectivity index (χ2v) is 5.64. The van der Waals surface area contributed by atoms with Crippen molar-refractivity contribution in [3.63, 3.8) is 0 Å². The number of benzene rings is 1. The molecule has 2 N–H and O–H groups in total. The molecule has 1 heterocycles. The molecule has 2 aromatic rings. The second kappa shape index (κ2) is 7.06. The van der Waals surface area contributed by atoms with Crippen LogP contribution in [0.15, 0.2) is 41.8 Å². The van der Waals surface area contributed by atoms with Gasteiger partial charge in [-0.2, -0.15) is 0 Å². The first-order chi connectivity index (χ1) is 10.0. The molecule has 1 aromatic heterocycles. The number of aliphatic carboxylic acids is 1. The van der Waals surface area contributed by atoms with E-state index in [1.165, 1.54) is 17.4 Å². The lowest BCUT2D eigenvalue weighted by atomic mass is 10.2. The fraction of sp³-hybridized carbons (Fsp3) is 0.0667. The normalized spacial score (nSPS) is 10.7. The number of thiophene rings is 1. The van der Waals surface area contributed by atoms with Gasteiger partial charge in [0, 0.05) is 21.5 Å². The number of carbonyl (C=O) groups is 2. The first kappa shape index (κ1) is 15.3. The van der Waals surface area contributed by atoms with Crippen LogP contribution in [0.25, 0.3) is 6.08 Å². The van der Waals surface area contributed by atoms with Crippen molar-refractivity contribution in [3.05, 3.63) is 62.8 Å². The van der Waals surface area contributed by atoms with Gasteiger partial charge in [-0.05, 0) is 47.4 Å². The summed E-state index contributed by atoms with van der Waals surface area (Å²) in [6.45, 7) is 0.396. The molecule has 0 aliphatic heterocycles. The highest BCUT2D eigenvalue weighted by atomic mass is 35.5. The minimum Gasteiger partial charge on any atom is -0.478 e. The maximum atomic E-state index is 11.9. The van der Waals surface area contributed by atoms with Crippen molar-refractivity contribution in [2.24, 2.45) is 0 Å². The predicted octanol–water partition coefficient (Wildman–Crippen LogP) is 3.43. The van der Waals surface area contributed by atoms with E-state index >= 15 is 0 Å². The molecular weight excluding hydrogens is 310 g/mol. The summed E-state index contributed by atoms with van der Waals surface area (Å²) in [5, 5.41) is 13.8. The Labute approximate surface area is 130 Å². The van der Waals surface area contributed by atoms with Crippen molar-refractivity contribution < 1.29 is 14.7 Å². The summed E-state index contributed by atoms with van der Waals surface area (Å²) >= 11 is 7.23. The highest BCUT2D eigenvalue weighted by Gasteiger charge is 2.06. The Hall–Kier alpha value is -2.11. The van der Waals surface area contributed by atoms with E-state index in [2.05, 4.69) is 5.32 Å². The van der Waals surface area contributed by atoms with Gasteiger partial charge in [0.1, 0.15) is 0 Å². The molecule has 0 bridgehead atoms. The Morgan fingerprint density at radius 2 is 2.00 bits per heavy atom. The van der Waals surface area contributed by atoms with Crippen LogP contribution in [-0.4, -0.2) is 17.0 Å². The summed E-state index contributed by atoms with van der Waals surface area (Å²) in [4.78, 5) is 23.3. The molecule has 0 saturated carbocycles. The maximum absolute atomic E-state index is 11.9. The number of carboxylic acids is 1. The molecule has 0 atom stereocenters. The number of hydrogen-bond acceptors (Lipinski definition) is 3. The predicted molar refractivity (Wildman–Crippen MR) is 83.6 cm³/mol. The lowest BCUT2D eigenvalue weighted by Gasteiger charge is -2.03. The van der Waals surface area contributed by atoms with E-state index in [-0.39, 0.29) is 5.91 Å². The van der Waals surface area contributed by atoms with Crippen LogP contribution in [0.4, 0.5) is 0 Å². The molecule has 0 aliphatic carbocycles. The molecule has 2 rings (SSSR count). The molecule has 0 fully saturated rings. The highest BCUT2D eigenvalue weighted by Crippen LogP contribution is 2.16. The van der Waals surface area contributed by atoms with Gasteiger partial charge in [-0.1, -0.05) is 11.6 Å². The zero-order chi connectivity index (χ0) is 15.2. The van der Waals surface area contributed by atoms with E-state index < -0.39 is 5.97 Å². The molecule has 0 saturated heterocycles. The molecule has 108 valence electrons. The zero-order valence-corrected chi connectivity index (χ0v) is 12.4. The third-order valence-corrected chi connectivity index (χ3v) is 3.83. The quantitative estimate of drug-likeness (QED) is 0.829. The Balaban J connectivity index is 1.92. The van der Waals surface area contributed by atoms with E-state index in [9.17, 15) is 9.59 Å². The van der Waals surface area contributed by atoms with Crippen molar-refractivity contribution in [2.45, 2.75) is 6.54 Å². The number of halogens is 1. The van der Waals surface area contributed by atoms with Crippen molar-refractivity contribution >= 4 is 40.9 Å². The summed E-state index contributed by atoms with van der Waals surface area (Å²) in [6.07, 6.45) is 2.60. The fourth-order valence-corrected chi connectivity index (χ4v) is 2.54. The van der Waals surface area contributed by atoms with E-state index in [0.717, 1.165) is 16.5 Å². The average Bonchev–Trinajstić information content (AvgIpc) is 2.91. The van der Waals surface area contributed by atoms with Gasteiger partial charge in [0.25, 0.3) is 5.91 Å². The van der Waals surface area contributed by atoms with Gasteiger partial charge in [-0.15, -0.1) is 11.3 Å². The van der Waals surface area contributed by atoms with E-state index in [1.807, 2.05) is 11.4 Å². The van der Waals surface area contributed by atoms with Crippen LogP contribution in [0.5, 0.6) is 0 Å². The fourth-order valence-electron chi connectivity index (χ4n) is 1.62. The third-order valence-electron chi connectivity index (χ3n) is 2.62. The van der Waals surface area contributed by atoms with Crippen LogP contribution in [0, 0.1) is 0 Å². The Morgan fingerprint density at radius 1 is 1.29 bits per heavy atom. The van der Waals surface area contributed by atoms with Gasteiger partial charge >= 0.3 is 5.97 Å². The van der Waals surface area contributed by atoms with Gasteiger partial charge in [0.05, 0.1) is 6.54 Å². The lowest BCUT2D eigenvalue weighted by Crippen LogP contribution is -2.22. The topological polar surface area (TPSA) is 66.4 Å². The molecule has 1 amide bonds. The number of hydrogen-bond donors (Lipinski definition) is 2. The van der Waals surface area contributed by atoms with Crippen LogP contribution in [0.2, 0.25) is 5.02 Å². The summed E-state index contributed by atoms with van der Waals surface area (Å²) in [6, 6.07) is 8.49. The molecule has 21 heavy (non-hydrogen) atoms. The first-order valence-corrected chi connectivity index (χ1v) is 7.32. The molecule has 6 heteroatoms.